The molecular weight excluding hydrogens is 335 g/mol. The maximum absolute atomic E-state index is 13.4. The highest BCUT2D eigenvalue weighted by atomic mass is 79.9. The van der Waals surface area contributed by atoms with Gasteiger partial charge < -0.3 is 0 Å². The number of hydrogen-bond donors (Lipinski definition) is 0. The Balaban J connectivity index is 2.32. The van der Waals surface area contributed by atoms with Crippen LogP contribution in [0, 0.1) is 35.0 Å². The van der Waals surface area contributed by atoms with Crippen LogP contribution < -0.4 is 0 Å². The molecular formula is C12H8BrF5O. The van der Waals surface area contributed by atoms with E-state index in [1.807, 2.05) is 0 Å². The number of halogens is 6. The second-order valence-corrected chi connectivity index (χ2v) is 5.50. The molecule has 19 heavy (non-hydrogen) atoms. The number of Topliss-reactive ketones (excluding diaryl/α,β-unsaturated/α-hetero) is 1. The van der Waals surface area contributed by atoms with E-state index in [0.29, 0.717) is 12.8 Å². The van der Waals surface area contributed by atoms with Gasteiger partial charge in [-0.3, -0.25) is 4.79 Å². The summed E-state index contributed by atoms with van der Waals surface area (Å²) in [6.45, 7) is 0. The predicted octanol–water partition coefficient (Wildman–Crippen LogP) is 3.67. The average molecular weight is 343 g/mol. The second kappa shape index (κ2) is 5.19. The number of carbonyl (C=O) groups is 1. The van der Waals surface area contributed by atoms with Crippen molar-refractivity contribution in [2.75, 3.05) is 0 Å². The predicted molar refractivity (Wildman–Crippen MR) is 60.4 cm³/mol. The molecule has 1 saturated carbocycles. The Kier molecular flexibility index (Phi) is 3.94. The van der Waals surface area contributed by atoms with Crippen molar-refractivity contribution in [1.82, 2.24) is 0 Å². The largest absolute Gasteiger partial charge is 0.298 e. The zero-order chi connectivity index (χ0) is 14.3. The van der Waals surface area contributed by atoms with E-state index in [1.165, 1.54) is 0 Å². The van der Waals surface area contributed by atoms with Gasteiger partial charge >= 0.3 is 0 Å². The van der Waals surface area contributed by atoms with Gasteiger partial charge in [0.25, 0.3) is 0 Å². The molecule has 1 aliphatic rings. The zero-order valence-corrected chi connectivity index (χ0v) is 11.0. The molecule has 0 spiro atoms. The van der Waals surface area contributed by atoms with Gasteiger partial charge in [-0.25, -0.2) is 22.0 Å². The van der Waals surface area contributed by atoms with Gasteiger partial charge in [0.2, 0.25) is 5.82 Å². The molecule has 104 valence electrons. The van der Waals surface area contributed by atoms with Gasteiger partial charge in [0.15, 0.2) is 23.3 Å². The monoisotopic (exact) mass is 342 g/mol. The fourth-order valence-corrected chi connectivity index (χ4v) is 2.43. The average Bonchev–Trinajstić information content (AvgIpc) is 3.22. The summed E-state index contributed by atoms with van der Waals surface area (Å²) in [6.07, 6.45) is 0.817. The number of alkyl halides is 1. The van der Waals surface area contributed by atoms with Gasteiger partial charge in [0, 0.05) is 11.5 Å². The van der Waals surface area contributed by atoms with Gasteiger partial charge in [-0.05, 0) is 19.3 Å². The molecule has 1 nitrogen and oxygen atoms in total. The van der Waals surface area contributed by atoms with E-state index >= 15 is 0 Å². The van der Waals surface area contributed by atoms with Crippen LogP contribution >= 0.6 is 15.9 Å². The van der Waals surface area contributed by atoms with Crippen molar-refractivity contribution in [2.45, 2.75) is 24.1 Å². The summed E-state index contributed by atoms with van der Waals surface area (Å²) in [5.41, 5.74) is -0.965. The normalized spacial score (nSPS) is 16.5. The molecule has 0 bridgehead atoms. The third-order valence-electron chi connectivity index (χ3n) is 2.97. The van der Waals surface area contributed by atoms with Crippen LogP contribution in [0.15, 0.2) is 0 Å². The lowest BCUT2D eigenvalue weighted by atomic mass is 10.0. The van der Waals surface area contributed by atoms with Crippen molar-refractivity contribution in [3.05, 3.63) is 34.6 Å². The van der Waals surface area contributed by atoms with Crippen molar-refractivity contribution >= 4 is 21.7 Å². The van der Waals surface area contributed by atoms with Crippen LogP contribution in [0.25, 0.3) is 0 Å². The molecule has 0 radical (unpaired) electrons. The number of ketones is 1. The smallest absolute Gasteiger partial charge is 0.200 e. The van der Waals surface area contributed by atoms with Gasteiger partial charge in [-0.1, -0.05) is 15.9 Å². The highest BCUT2D eigenvalue weighted by Gasteiger charge is 2.35. The molecule has 1 aromatic rings. The summed E-state index contributed by atoms with van der Waals surface area (Å²) < 4.78 is 65.5. The Morgan fingerprint density at radius 2 is 1.42 bits per heavy atom. The van der Waals surface area contributed by atoms with Crippen molar-refractivity contribution in [3.8, 4) is 0 Å². The lowest BCUT2D eigenvalue weighted by Crippen LogP contribution is -2.21. The molecule has 1 fully saturated rings. The Morgan fingerprint density at radius 3 is 1.84 bits per heavy atom. The number of benzene rings is 1. The molecule has 0 aromatic heterocycles. The standard InChI is InChI=1S/C12H8BrF5O/c13-6(12(19)4-1-2-4)3-5-7(14)9(16)11(18)10(17)8(5)15/h4,6H,1-3H2. The van der Waals surface area contributed by atoms with Crippen molar-refractivity contribution < 1.29 is 26.7 Å². The minimum Gasteiger partial charge on any atom is -0.298 e. The van der Waals surface area contributed by atoms with E-state index in [0.717, 1.165) is 0 Å². The first-order valence-electron chi connectivity index (χ1n) is 5.52. The lowest BCUT2D eigenvalue weighted by molar-refractivity contribution is -0.119. The molecule has 1 atom stereocenters. The maximum Gasteiger partial charge on any atom is 0.200 e. The Morgan fingerprint density at radius 1 is 1.00 bits per heavy atom. The van der Waals surface area contributed by atoms with Crippen LogP contribution in [0.1, 0.15) is 18.4 Å². The summed E-state index contributed by atoms with van der Waals surface area (Å²) in [6, 6.07) is 0. The van der Waals surface area contributed by atoms with E-state index in [2.05, 4.69) is 15.9 Å². The fraction of sp³-hybridized carbons (Fsp3) is 0.417. The van der Waals surface area contributed by atoms with E-state index in [4.69, 9.17) is 0 Å². The van der Waals surface area contributed by atoms with Crippen LogP contribution in [0.2, 0.25) is 0 Å². The van der Waals surface area contributed by atoms with Gasteiger partial charge in [0.05, 0.1) is 4.83 Å². The van der Waals surface area contributed by atoms with Crippen LogP contribution in [-0.2, 0) is 11.2 Å². The maximum atomic E-state index is 13.4. The zero-order valence-electron chi connectivity index (χ0n) is 9.45. The van der Waals surface area contributed by atoms with Crippen molar-refractivity contribution in [2.24, 2.45) is 5.92 Å². The van der Waals surface area contributed by atoms with Gasteiger partial charge in [-0.15, -0.1) is 0 Å². The number of carbonyl (C=O) groups excluding carboxylic acids is 1. The van der Waals surface area contributed by atoms with Crippen LogP contribution in [-0.4, -0.2) is 10.6 Å². The second-order valence-electron chi connectivity index (χ2n) is 4.40. The first-order valence-corrected chi connectivity index (χ1v) is 6.44. The summed E-state index contributed by atoms with van der Waals surface area (Å²) in [5, 5.41) is 0. The quantitative estimate of drug-likeness (QED) is 0.353. The molecule has 0 amide bonds. The molecule has 7 heteroatoms. The summed E-state index contributed by atoms with van der Waals surface area (Å²) in [4.78, 5) is 10.7. The number of hydrogen-bond acceptors (Lipinski definition) is 1. The van der Waals surface area contributed by atoms with Crippen molar-refractivity contribution in [1.29, 1.82) is 0 Å². The SMILES string of the molecule is O=C(C(Br)Cc1c(F)c(F)c(F)c(F)c1F)C1CC1. The van der Waals surface area contributed by atoms with Crippen LogP contribution in [0.4, 0.5) is 22.0 Å². The molecule has 2 rings (SSSR count). The third-order valence-corrected chi connectivity index (χ3v) is 3.75. The Labute approximate surface area is 113 Å². The van der Waals surface area contributed by atoms with Gasteiger partial charge in [-0.2, -0.15) is 0 Å². The fourth-order valence-electron chi connectivity index (χ4n) is 1.73. The highest BCUT2D eigenvalue weighted by Crippen LogP contribution is 2.34. The van der Waals surface area contributed by atoms with Crippen LogP contribution in [0.5, 0.6) is 0 Å². The molecule has 1 aromatic carbocycles. The first kappa shape index (κ1) is 14.4. The minimum atomic E-state index is -2.20. The van der Waals surface area contributed by atoms with E-state index in [-0.39, 0.29) is 11.7 Å². The number of rotatable bonds is 4. The van der Waals surface area contributed by atoms with E-state index in [1.54, 1.807) is 0 Å². The minimum absolute atomic E-state index is 0.175. The summed E-state index contributed by atoms with van der Waals surface area (Å²) >= 11 is 2.94. The molecule has 1 unspecified atom stereocenters. The molecule has 0 saturated heterocycles. The molecule has 1 aliphatic carbocycles. The molecule has 0 aliphatic heterocycles. The third kappa shape index (κ3) is 2.66. The van der Waals surface area contributed by atoms with Crippen molar-refractivity contribution in [3.63, 3.8) is 0 Å². The Hall–Kier alpha value is -0.980. The topological polar surface area (TPSA) is 17.1 Å². The van der Waals surface area contributed by atoms with E-state index < -0.39 is 45.9 Å². The van der Waals surface area contributed by atoms with Crippen LogP contribution in [0.3, 0.4) is 0 Å². The summed E-state index contributed by atoms with van der Waals surface area (Å²) in [5.74, 6) is -10.4. The van der Waals surface area contributed by atoms with Gasteiger partial charge in [0.1, 0.15) is 5.78 Å². The molecule has 0 N–H and O–H groups in total. The first-order chi connectivity index (χ1) is 8.84. The Bertz CT molecular complexity index is 512. The summed E-state index contributed by atoms with van der Waals surface area (Å²) in [7, 11) is 0. The lowest BCUT2D eigenvalue weighted by Gasteiger charge is -2.11. The van der Waals surface area contributed by atoms with E-state index in [9.17, 15) is 26.7 Å². The highest BCUT2D eigenvalue weighted by molar-refractivity contribution is 9.10. The molecule has 0 heterocycles.